The summed E-state index contributed by atoms with van der Waals surface area (Å²) in [5.41, 5.74) is 3.12. The first-order chi connectivity index (χ1) is 9.83. The highest BCUT2D eigenvalue weighted by Gasteiger charge is 2.25. The molecule has 0 saturated carbocycles. The first kappa shape index (κ1) is 14.1. The van der Waals surface area contributed by atoms with E-state index in [1.165, 1.54) is 45.1 Å². The molecule has 20 heavy (non-hydrogen) atoms. The van der Waals surface area contributed by atoms with Gasteiger partial charge in [0.2, 0.25) is 0 Å². The van der Waals surface area contributed by atoms with E-state index in [9.17, 15) is 0 Å². The molecular weight excluding hydrogens is 244 g/mol. The Morgan fingerprint density at radius 2 is 2.15 bits per heavy atom. The molecule has 1 aliphatic heterocycles. The Balaban J connectivity index is 1.40. The van der Waals surface area contributed by atoms with Crippen LogP contribution in [0.4, 0.5) is 0 Å². The van der Waals surface area contributed by atoms with E-state index in [4.69, 9.17) is 0 Å². The summed E-state index contributed by atoms with van der Waals surface area (Å²) >= 11 is 0. The van der Waals surface area contributed by atoms with Crippen LogP contribution in [0.15, 0.2) is 24.3 Å². The van der Waals surface area contributed by atoms with Crippen LogP contribution in [-0.4, -0.2) is 25.2 Å². The van der Waals surface area contributed by atoms with Gasteiger partial charge in [-0.2, -0.15) is 0 Å². The number of nitrogens with one attached hydrogen (secondary N) is 2. The number of fused-ring (bicyclic) bond motifs is 1. The molecule has 1 saturated heterocycles. The van der Waals surface area contributed by atoms with E-state index in [2.05, 4.69) is 41.8 Å². The average molecular weight is 272 g/mol. The number of hydrogen-bond donors (Lipinski definition) is 2. The molecule has 2 aliphatic rings. The van der Waals surface area contributed by atoms with Crippen molar-refractivity contribution in [3.05, 3.63) is 35.4 Å². The second-order valence-corrected chi connectivity index (χ2v) is 6.65. The summed E-state index contributed by atoms with van der Waals surface area (Å²) in [7, 11) is 0. The fourth-order valence-electron chi connectivity index (χ4n) is 3.70. The zero-order chi connectivity index (χ0) is 13.8. The first-order valence-corrected chi connectivity index (χ1v) is 8.37. The van der Waals surface area contributed by atoms with Crippen molar-refractivity contribution < 1.29 is 0 Å². The average Bonchev–Trinajstić information content (AvgIpc) is 2.68. The lowest BCUT2D eigenvalue weighted by molar-refractivity contribution is 0.389. The van der Waals surface area contributed by atoms with Gasteiger partial charge in [0.25, 0.3) is 0 Å². The van der Waals surface area contributed by atoms with Crippen molar-refractivity contribution in [3.8, 4) is 0 Å². The van der Waals surface area contributed by atoms with Crippen LogP contribution in [-0.2, 0) is 6.42 Å². The van der Waals surface area contributed by atoms with Gasteiger partial charge in [-0.1, -0.05) is 37.1 Å². The Bertz CT molecular complexity index is 421. The molecule has 110 valence electrons. The second kappa shape index (κ2) is 6.73. The predicted octanol–water partition coefficient (Wildman–Crippen LogP) is 3.23. The molecule has 1 aromatic carbocycles. The van der Waals surface area contributed by atoms with E-state index >= 15 is 0 Å². The lowest BCUT2D eigenvalue weighted by Crippen LogP contribution is -2.39. The molecule has 2 N–H and O–H groups in total. The minimum absolute atomic E-state index is 0.623. The summed E-state index contributed by atoms with van der Waals surface area (Å²) in [4.78, 5) is 0. The molecule has 1 aromatic rings. The van der Waals surface area contributed by atoms with Crippen molar-refractivity contribution in [1.29, 1.82) is 0 Å². The van der Waals surface area contributed by atoms with Gasteiger partial charge in [0, 0.05) is 24.5 Å². The van der Waals surface area contributed by atoms with Crippen molar-refractivity contribution in [1.82, 2.24) is 10.6 Å². The minimum Gasteiger partial charge on any atom is -0.314 e. The van der Waals surface area contributed by atoms with Crippen molar-refractivity contribution >= 4 is 0 Å². The van der Waals surface area contributed by atoms with E-state index in [-0.39, 0.29) is 0 Å². The van der Waals surface area contributed by atoms with Crippen LogP contribution in [0.1, 0.15) is 56.1 Å². The number of rotatable bonds is 5. The van der Waals surface area contributed by atoms with E-state index in [1.54, 1.807) is 11.1 Å². The number of hydrogen-bond acceptors (Lipinski definition) is 2. The van der Waals surface area contributed by atoms with Crippen LogP contribution < -0.4 is 10.6 Å². The summed E-state index contributed by atoms with van der Waals surface area (Å²) in [6.07, 6.45) is 8.06. The number of benzene rings is 1. The van der Waals surface area contributed by atoms with Crippen molar-refractivity contribution in [2.24, 2.45) is 0 Å². The molecule has 0 spiro atoms. The normalized spacial score (nSPS) is 27.2. The minimum atomic E-state index is 0.623. The van der Waals surface area contributed by atoms with Gasteiger partial charge in [0.15, 0.2) is 0 Å². The zero-order valence-corrected chi connectivity index (χ0v) is 12.7. The highest BCUT2D eigenvalue weighted by Crippen LogP contribution is 2.34. The molecular formula is C18H28N2. The van der Waals surface area contributed by atoms with Crippen molar-refractivity contribution in [2.75, 3.05) is 13.1 Å². The Hall–Kier alpha value is -0.860. The lowest BCUT2D eigenvalue weighted by atomic mass is 9.77. The SMILES string of the molecule is CC(CC1CCCCCN1)NCC1Cc2ccccc21. The predicted molar refractivity (Wildman–Crippen MR) is 85.2 cm³/mol. The standard InChI is InChI=1S/C18H28N2/c1-14(11-17-8-3-2-6-10-19-17)20-13-16-12-15-7-4-5-9-18(15)16/h4-5,7,9,14,16-17,19-20H,2-3,6,8,10-13H2,1H3. The van der Waals surface area contributed by atoms with Crippen LogP contribution in [0.25, 0.3) is 0 Å². The third kappa shape index (κ3) is 3.42. The molecule has 0 bridgehead atoms. The molecule has 2 nitrogen and oxygen atoms in total. The van der Waals surface area contributed by atoms with Crippen LogP contribution >= 0.6 is 0 Å². The molecule has 1 fully saturated rings. The van der Waals surface area contributed by atoms with Gasteiger partial charge in [0.05, 0.1) is 0 Å². The molecule has 0 aromatic heterocycles. The highest BCUT2D eigenvalue weighted by atomic mass is 15.0. The third-order valence-electron chi connectivity index (χ3n) is 4.97. The summed E-state index contributed by atoms with van der Waals surface area (Å²) < 4.78 is 0. The first-order valence-electron chi connectivity index (χ1n) is 8.37. The van der Waals surface area contributed by atoms with Crippen LogP contribution in [0.2, 0.25) is 0 Å². The van der Waals surface area contributed by atoms with E-state index in [0.717, 1.165) is 18.5 Å². The van der Waals surface area contributed by atoms with Gasteiger partial charge >= 0.3 is 0 Å². The molecule has 1 aliphatic carbocycles. The Labute approximate surface area is 123 Å². The zero-order valence-electron chi connectivity index (χ0n) is 12.7. The van der Waals surface area contributed by atoms with E-state index in [0.29, 0.717) is 6.04 Å². The smallest absolute Gasteiger partial charge is 0.00817 e. The van der Waals surface area contributed by atoms with Crippen LogP contribution in [0, 0.1) is 0 Å². The molecule has 0 amide bonds. The molecule has 3 rings (SSSR count). The maximum absolute atomic E-state index is 3.75. The Kier molecular flexibility index (Phi) is 4.74. The van der Waals surface area contributed by atoms with Gasteiger partial charge in [-0.3, -0.25) is 0 Å². The Morgan fingerprint density at radius 3 is 3.05 bits per heavy atom. The van der Waals surface area contributed by atoms with Crippen LogP contribution in [0.3, 0.4) is 0 Å². The van der Waals surface area contributed by atoms with Crippen LogP contribution in [0.5, 0.6) is 0 Å². The maximum atomic E-state index is 3.75. The lowest BCUT2D eigenvalue weighted by Gasteiger charge is -2.32. The van der Waals surface area contributed by atoms with Gasteiger partial charge in [-0.15, -0.1) is 0 Å². The highest BCUT2D eigenvalue weighted by molar-refractivity contribution is 5.40. The summed E-state index contributed by atoms with van der Waals surface area (Å²) in [5.74, 6) is 0.746. The fraction of sp³-hybridized carbons (Fsp3) is 0.667. The third-order valence-corrected chi connectivity index (χ3v) is 4.97. The molecule has 3 atom stereocenters. The Morgan fingerprint density at radius 1 is 1.25 bits per heavy atom. The van der Waals surface area contributed by atoms with Gasteiger partial charge in [-0.05, 0) is 50.3 Å². The molecule has 0 radical (unpaired) electrons. The van der Waals surface area contributed by atoms with E-state index < -0.39 is 0 Å². The van der Waals surface area contributed by atoms with Crippen molar-refractivity contribution in [2.45, 2.75) is 63.5 Å². The van der Waals surface area contributed by atoms with Gasteiger partial charge in [0.1, 0.15) is 0 Å². The van der Waals surface area contributed by atoms with Gasteiger partial charge in [-0.25, -0.2) is 0 Å². The molecule has 3 unspecified atom stereocenters. The topological polar surface area (TPSA) is 24.1 Å². The maximum Gasteiger partial charge on any atom is 0.00817 e. The summed E-state index contributed by atoms with van der Waals surface area (Å²) in [6.45, 7) is 4.70. The second-order valence-electron chi connectivity index (χ2n) is 6.65. The summed E-state index contributed by atoms with van der Waals surface area (Å²) in [6, 6.07) is 10.2. The van der Waals surface area contributed by atoms with Crippen molar-refractivity contribution in [3.63, 3.8) is 0 Å². The molecule has 1 heterocycles. The fourth-order valence-corrected chi connectivity index (χ4v) is 3.70. The van der Waals surface area contributed by atoms with Gasteiger partial charge < -0.3 is 10.6 Å². The monoisotopic (exact) mass is 272 g/mol. The molecule has 2 heteroatoms. The quantitative estimate of drug-likeness (QED) is 0.860. The van der Waals surface area contributed by atoms with E-state index in [1.807, 2.05) is 0 Å². The summed E-state index contributed by atoms with van der Waals surface area (Å²) in [5, 5.41) is 7.46. The largest absolute Gasteiger partial charge is 0.314 e.